The van der Waals surface area contributed by atoms with Crippen molar-refractivity contribution in [1.82, 2.24) is 0 Å². The van der Waals surface area contributed by atoms with Crippen molar-refractivity contribution in [2.45, 2.75) is 19.3 Å². The maximum Gasteiger partial charge on any atom is 0.0717 e. The summed E-state index contributed by atoms with van der Waals surface area (Å²) in [6, 6.07) is 4.60. The second kappa shape index (κ2) is 21.3. The quantitative estimate of drug-likeness (QED) is 0.138. The molecule has 0 aromatic rings. The van der Waals surface area contributed by atoms with Crippen molar-refractivity contribution in [3.63, 3.8) is 0 Å². The van der Waals surface area contributed by atoms with E-state index >= 15 is 0 Å². The summed E-state index contributed by atoms with van der Waals surface area (Å²) in [6.07, 6.45) is 11.0. The second-order valence-corrected chi connectivity index (χ2v) is 26.6. The summed E-state index contributed by atoms with van der Waals surface area (Å²) in [5.41, 5.74) is 0. The van der Waals surface area contributed by atoms with Gasteiger partial charge in [0.1, 0.15) is 0 Å². The Kier molecular flexibility index (Phi) is 19.2. The van der Waals surface area contributed by atoms with Crippen LogP contribution in [0.1, 0.15) is 19.3 Å². The fraction of sp³-hybridized carbons (Fsp3) is 0.440. The topological polar surface area (TPSA) is 47.6 Å². The highest BCUT2D eigenvalue weighted by molar-refractivity contribution is 8.46. The Hall–Kier alpha value is 3.02. The predicted octanol–water partition coefficient (Wildman–Crippen LogP) is 14.3. The molecule has 0 unspecified atom stereocenters. The van der Waals surface area contributed by atoms with Crippen LogP contribution >= 0.6 is 188 Å². The van der Waals surface area contributed by atoms with Crippen LogP contribution in [0.5, 0.6) is 0 Å². The Labute approximate surface area is 324 Å². The van der Waals surface area contributed by atoms with E-state index < -0.39 is 0 Å². The summed E-state index contributed by atoms with van der Waals surface area (Å²) in [7, 11) is 0. The Bertz CT molecular complexity index is 1190. The largest absolute Gasteiger partial charge is 0.198 e. The number of thioether (sulfide) groups is 16. The fourth-order valence-electron chi connectivity index (χ4n) is 3.04. The molecule has 2 nitrogen and oxygen atoms in total. The molecule has 0 fully saturated rings. The summed E-state index contributed by atoms with van der Waals surface area (Å²) in [5, 5.41) is 18.2. The van der Waals surface area contributed by atoms with Gasteiger partial charge in [-0.1, -0.05) is 94.1 Å². The molecule has 0 atom stereocenters. The molecular weight excluding hydrogens is 841 g/mol. The maximum absolute atomic E-state index is 9.08. The molecule has 0 bridgehead atoms. The van der Waals surface area contributed by atoms with E-state index in [1.54, 1.807) is 0 Å². The van der Waals surface area contributed by atoms with E-state index in [0.29, 0.717) is 12.8 Å². The first-order valence-electron chi connectivity index (χ1n) is 12.3. The molecule has 0 spiro atoms. The molecule has 0 aromatic heterocycles. The molecule has 4 rings (SSSR count). The van der Waals surface area contributed by atoms with Crippen molar-refractivity contribution in [1.29, 1.82) is 10.5 Å². The van der Waals surface area contributed by atoms with E-state index in [9.17, 15) is 0 Å². The average Bonchev–Trinajstić information content (AvgIpc) is 3.81. The smallest absolute Gasteiger partial charge is 0.0717 e. The van der Waals surface area contributed by atoms with Crippen molar-refractivity contribution < 1.29 is 0 Å². The van der Waals surface area contributed by atoms with Crippen LogP contribution in [-0.4, -0.2) is 48.0 Å². The highest BCUT2D eigenvalue weighted by atomic mass is 32.3. The summed E-state index contributed by atoms with van der Waals surface area (Å²) < 4.78 is 16.8. The summed E-state index contributed by atoms with van der Waals surface area (Å²) >= 11 is 30.4. The van der Waals surface area contributed by atoms with E-state index in [1.165, 1.54) is 50.8 Å². The molecule has 4 aliphatic heterocycles. The fourth-order valence-corrected chi connectivity index (χ4v) is 25.4. The number of hydrogen-bond acceptors (Lipinski definition) is 18. The first-order valence-corrected chi connectivity index (χ1v) is 27.7. The zero-order chi connectivity index (χ0) is 30.6. The van der Waals surface area contributed by atoms with E-state index in [4.69, 9.17) is 10.5 Å². The molecule has 18 heteroatoms. The molecular formula is C25H26N2S16. The normalized spacial score (nSPS) is 19.2. The molecule has 0 aliphatic carbocycles. The van der Waals surface area contributed by atoms with Gasteiger partial charge in [-0.2, -0.15) is 10.5 Å². The minimum Gasteiger partial charge on any atom is -0.198 e. The van der Waals surface area contributed by atoms with Crippen molar-refractivity contribution in [2.24, 2.45) is 0 Å². The lowest BCUT2D eigenvalue weighted by Gasteiger charge is -2.06. The van der Waals surface area contributed by atoms with Gasteiger partial charge in [-0.25, -0.2) is 0 Å². The van der Waals surface area contributed by atoms with Gasteiger partial charge in [0.25, 0.3) is 0 Å². The Balaban J connectivity index is 1.33. The lowest BCUT2D eigenvalue weighted by molar-refractivity contribution is 1.13. The van der Waals surface area contributed by atoms with Gasteiger partial charge in [0, 0.05) is 24.3 Å². The first-order chi connectivity index (χ1) is 21.0. The third kappa shape index (κ3) is 11.5. The van der Waals surface area contributed by atoms with Gasteiger partial charge >= 0.3 is 0 Å². The zero-order valence-electron chi connectivity index (χ0n) is 23.4. The molecule has 232 valence electrons. The summed E-state index contributed by atoms with van der Waals surface area (Å²) in [6.45, 7) is 0. The molecule has 43 heavy (non-hydrogen) atoms. The molecule has 0 saturated heterocycles. The lowest BCUT2D eigenvalue weighted by atomic mass is 10.6. The third-order valence-electron chi connectivity index (χ3n) is 4.87. The van der Waals surface area contributed by atoms with Gasteiger partial charge < -0.3 is 0 Å². The van der Waals surface area contributed by atoms with Gasteiger partial charge in [-0.3, -0.25) is 0 Å². The molecule has 0 radical (unpaired) electrons. The minimum atomic E-state index is 0.583. The van der Waals surface area contributed by atoms with Gasteiger partial charge in [-0.15, -0.1) is 94.1 Å². The summed E-state index contributed by atoms with van der Waals surface area (Å²) in [5.74, 6) is 3.88. The maximum atomic E-state index is 9.08. The third-order valence-corrected chi connectivity index (χ3v) is 27.6. The second-order valence-electron chi connectivity index (χ2n) is 7.65. The predicted molar refractivity (Wildman–Crippen MR) is 232 cm³/mol. The first kappa shape index (κ1) is 38.8. The highest BCUT2D eigenvalue weighted by Crippen LogP contribution is 2.67. The lowest BCUT2D eigenvalue weighted by Crippen LogP contribution is -1.85. The number of nitrogens with zero attached hydrogens (tertiary/aromatic N) is 2. The SMILES string of the molecule is CSC1=C(SC)SC(=C2SC(SCCC#N)=C(SCCCSC3=C(SCCC#N)SC(=C4SC(SC)=C(SC)S4)S3)S2)S1. The molecule has 0 amide bonds. The van der Waals surface area contributed by atoms with Gasteiger partial charge in [-0.05, 0) is 42.9 Å². The number of hydrogen-bond donors (Lipinski definition) is 0. The van der Waals surface area contributed by atoms with Gasteiger partial charge in [0.2, 0.25) is 0 Å². The van der Waals surface area contributed by atoms with Crippen LogP contribution in [0, 0.1) is 22.7 Å². The van der Waals surface area contributed by atoms with Crippen molar-refractivity contribution >= 4 is 188 Å². The van der Waals surface area contributed by atoms with E-state index in [1.807, 2.05) is 188 Å². The average molecular weight is 868 g/mol. The zero-order valence-corrected chi connectivity index (χ0v) is 36.4. The van der Waals surface area contributed by atoms with E-state index in [-0.39, 0.29) is 0 Å². The summed E-state index contributed by atoms with van der Waals surface area (Å²) in [4.78, 5) is 0. The van der Waals surface area contributed by atoms with Crippen LogP contribution in [0.15, 0.2) is 50.8 Å². The van der Waals surface area contributed by atoms with Crippen LogP contribution in [-0.2, 0) is 0 Å². The van der Waals surface area contributed by atoms with E-state index in [2.05, 4.69) is 37.2 Å². The Morgan fingerprint density at radius 3 is 0.930 bits per heavy atom. The van der Waals surface area contributed by atoms with Crippen LogP contribution in [0.3, 0.4) is 0 Å². The van der Waals surface area contributed by atoms with E-state index in [0.717, 1.165) is 29.4 Å². The molecule has 0 saturated carbocycles. The minimum absolute atomic E-state index is 0.583. The standard InChI is InChI=1S/C25H26N2S16/c1-28-14-15(29-2)37-22(36-14)24-40-18(32-10-5-8-26)20(42-24)34-12-7-13-35-21-19(33-11-6-9-27)41-25(43-21)23-38-16(30-3)17(31-4)39-23/h5-7,10-13H2,1-4H3. The van der Waals surface area contributed by atoms with Crippen LogP contribution in [0.2, 0.25) is 0 Å². The molecule has 4 aliphatic rings. The van der Waals surface area contributed by atoms with Crippen molar-refractivity contribution in [3.05, 3.63) is 50.8 Å². The van der Waals surface area contributed by atoms with Crippen LogP contribution in [0.25, 0.3) is 0 Å². The number of nitriles is 2. The van der Waals surface area contributed by atoms with Gasteiger partial charge in [0.15, 0.2) is 0 Å². The van der Waals surface area contributed by atoms with Crippen LogP contribution < -0.4 is 0 Å². The molecule has 0 aromatic carbocycles. The Morgan fingerprint density at radius 1 is 0.419 bits per heavy atom. The molecule has 4 heterocycles. The monoisotopic (exact) mass is 866 g/mol. The van der Waals surface area contributed by atoms with Crippen molar-refractivity contribution in [3.8, 4) is 12.1 Å². The number of rotatable bonds is 16. The van der Waals surface area contributed by atoms with Crippen molar-refractivity contribution in [2.75, 3.05) is 48.0 Å². The van der Waals surface area contributed by atoms with Gasteiger partial charge in [0.05, 0.1) is 63.0 Å². The van der Waals surface area contributed by atoms with Crippen LogP contribution in [0.4, 0.5) is 0 Å². The molecule has 0 N–H and O–H groups in total. The highest BCUT2D eigenvalue weighted by Gasteiger charge is 2.31. The Morgan fingerprint density at radius 2 is 0.674 bits per heavy atom.